The quantitative estimate of drug-likeness (QED) is 0.535. The molecule has 168 valence electrons. The molecule has 0 unspecified atom stereocenters. The number of para-hydroxylation sites is 3. The summed E-state index contributed by atoms with van der Waals surface area (Å²) in [6.45, 7) is 3.59. The summed E-state index contributed by atoms with van der Waals surface area (Å²) in [7, 11) is 1.50. The first-order valence-corrected chi connectivity index (χ1v) is 11.1. The molecule has 2 aromatic carbocycles. The Morgan fingerprint density at radius 3 is 2.48 bits per heavy atom. The van der Waals surface area contributed by atoms with Crippen molar-refractivity contribution in [1.82, 2.24) is 9.47 Å². The van der Waals surface area contributed by atoms with E-state index in [1.807, 2.05) is 50.2 Å². The molecule has 3 aromatic rings. The molecule has 1 N–H and O–H groups in total. The zero-order chi connectivity index (χ0) is 23.5. The molecule has 1 aliphatic heterocycles. The minimum absolute atomic E-state index is 0.290. The van der Waals surface area contributed by atoms with Gasteiger partial charge in [0.25, 0.3) is 11.1 Å². The number of methoxy groups -OCH3 is 1. The summed E-state index contributed by atoms with van der Waals surface area (Å²) in [6, 6.07) is 18.8. The third-order valence-corrected chi connectivity index (χ3v) is 6.24. The number of rotatable bonds is 6. The van der Waals surface area contributed by atoms with Gasteiger partial charge in [-0.15, -0.1) is 0 Å². The third-order valence-electron chi connectivity index (χ3n) is 5.33. The van der Waals surface area contributed by atoms with Crippen LogP contribution in [0, 0.1) is 13.8 Å². The predicted octanol–water partition coefficient (Wildman–Crippen LogP) is 4.78. The fourth-order valence-electron chi connectivity index (χ4n) is 3.77. The van der Waals surface area contributed by atoms with Crippen molar-refractivity contribution in [2.24, 2.45) is 0 Å². The van der Waals surface area contributed by atoms with Crippen LogP contribution in [0.3, 0.4) is 0 Å². The maximum absolute atomic E-state index is 12.9. The predicted molar refractivity (Wildman–Crippen MR) is 130 cm³/mol. The van der Waals surface area contributed by atoms with Crippen molar-refractivity contribution in [3.63, 3.8) is 0 Å². The Morgan fingerprint density at radius 1 is 1.06 bits per heavy atom. The highest BCUT2D eigenvalue weighted by Crippen LogP contribution is 2.34. The molecule has 4 rings (SSSR count). The molecule has 8 heteroatoms. The average Bonchev–Trinajstić information content (AvgIpc) is 3.23. The second kappa shape index (κ2) is 9.38. The molecule has 0 aliphatic carbocycles. The van der Waals surface area contributed by atoms with Crippen molar-refractivity contribution in [2.45, 2.75) is 13.8 Å². The minimum atomic E-state index is -0.482. The van der Waals surface area contributed by atoms with E-state index in [9.17, 15) is 14.4 Å². The van der Waals surface area contributed by atoms with E-state index < -0.39 is 17.1 Å². The van der Waals surface area contributed by atoms with Gasteiger partial charge in [0, 0.05) is 17.1 Å². The number of carbonyl (C=O) groups excluding carboxylic acids is 3. The van der Waals surface area contributed by atoms with Gasteiger partial charge in [-0.3, -0.25) is 19.3 Å². The first-order valence-electron chi connectivity index (χ1n) is 10.3. The third kappa shape index (κ3) is 4.56. The van der Waals surface area contributed by atoms with Crippen LogP contribution in [0.25, 0.3) is 11.8 Å². The summed E-state index contributed by atoms with van der Waals surface area (Å²) < 4.78 is 7.31. The molecule has 0 radical (unpaired) electrons. The maximum atomic E-state index is 12.9. The number of nitrogens with zero attached hydrogens (tertiary/aromatic N) is 2. The number of benzene rings is 2. The summed E-state index contributed by atoms with van der Waals surface area (Å²) in [5, 5.41) is 2.22. The fraction of sp³-hybridized carbons (Fsp3) is 0.160. The standard InChI is InChI=1S/C25H23N3O4S/c1-16-13-18(17(2)28(16)19-9-5-4-6-10-19)14-22-24(30)27(25(31)33-22)15-23(29)26-20-11-7-8-12-21(20)32-3/h4-14H,15H2,1-3H3,(H,26,29)/b22-14+. The Labute approximate surface area is 196 Å². The first-order chi connectivity index (χ1) is 15.9. The van der Waals surface area contributed by atoms with Gasteiger partial charge < -0.3 is 14.6 Å². The number of aryl methyl sites for hydroxylation is 1. The van der Waals surface area contributed by atoms with E-state index in [2.05, 4.69) is 9.88 Å². The SMILES string of the molecule is COc1ccccc1NC(=O)CN1C(=O)S/C(=C/c2cc(C)n(-c3ccccc3)c2C)C1=O. The van der Waals surface area contributed by atoms with Crippen LogP contribution in [0.4, 0.5) is 10.5 Å². The lowest BCUT2D eigenvalue weighted by Crippen LogP contribution is -2.36. The Bertz CT molecular complexity index is 1260. The topological polar surface area (TPSA) is 80.6 Å². The van der Waals surface area contributed by atoms with Crippen LogP contribution >= 0.6 is 11.8 Å². The molecule has 0 atom stereocenters. The van der Waals surface area contributed by atoms with Gasteiger partial charge in [-0.2, -0.15) is 0 Å². The number of hydrogen-bond acceptors (Lipinski definition) is 5. The molecular formula is C25H23N3O4S. The van der Waals surface area contributed by atoms with Crippen LogP contribution in [0.5, 0.6) is 5.75 Å². The number of carbonyl (C=O) groups is 3. The average molecular weight is 462 g/mol. The number of hydrogen-bond donors (Lipinski definition) is 1. The van der Waals surface area contributed by atoms with Crippen molar-refractivity contribution in [3.8, 4) is 11.4 Å². The van der Waals surface area contributed by atoms with Gasteiger partial charge >= 0.3 is 0 Å². The summed E-state index contributed by atoms with van der Waals surface area (Å²) >= 11 is 0.837. The second-order valence-corrected chi connectivity index (χ2v) is 8.51. The van der Waals surface area contributed by atoms with Gasteiger partial charge in [0.05, 0.1) is 17.7 Å². The number of nitrogens with one attached hydrogen (secondary N) is 1. The molecule has 2 heterocycles. The number of anilines is 1. The number of ether oxygens (including phenoxy) is 1. The normalized spacial score (nSPS) is 14.8. The van der Waals surface area contributed by atoms with Gasteiger partial charge in [0.15, 0.2) is 0 Å². The van der Waals surface area contributed by atoms with Crippen LogP contribution in [0.1, 0.15) is 17.0 Å². The zero-order valence-corrected chi connectivity index (χ0v) is 19.3. The molecule has 7 nitrogen and oxygen atoms in total. The highest BCUT2D eigenvalue weighted by molar-refractivity contribution is 8.18. The molecule has 1 fully saturated rings. The van der Waals surface area contributed by atoms with Crippen molar-refractivity contribution >= 4 is 40.6 Å². The molecular weight excluding hydrogens is 438 g/mol. The minimum Gasteiger partial charge on any atom is -0.495 e. The Kier molecular flexibility index (Phi) is 6.37. The summed E-state index contributed by atoms with van der Waals surface area (Å²) in [5.41, 5.74) is 4.31. The van der Waals surface area contributed by atoms with Crippen LogP contribution in [-0.2, 0) is 9.59 Å². The Balaban J connectivity index is 1.52. The zero-order valence-electron chi connectivity index (χ0n) is 18.5. The van der Waals surface area contributed by atoms with Crippen LogP contribution < -0.4 is 10.1 Å². The number of imide groups is 1. The van der Waals surface area contributed by atoms with E-state index in [0.29, 0.717) is 16.3 Å². The number of thioether (sulfide) groups is 1. The van der Waals surface area contributed by atoms with Crippen LogP contribution in [0.2, 0.25) is 0 Å². The Morgan fingerprint density at radius 2 is 1.76 bits per heavy atom. The maximum Gasteiger partial charge on any atom is 0.294 e. The number of aromatic nitrogens is 1. The van der Waals surface area contributed by atoms with E-state index in [-0.39, 0.29) is 6.54 Å². The van der Waals surface area contributed by atoms with Crippen molar-refractivity contribution in [1.29, 1.82) is 0 Å². The summed E-state index contributed by atoms with van der Waals surface area (Å²) in [6.07, 6.45) is 1.71. The van der Waals surface area contributed by atoms with Crippen molar-refractivity contribution < 1.29 is 19.1 Å². The van der Waals surface area contributed by atoms with E-state index in [0.717, 1.165) is 39.3 Å². The molecule has 1 saturated heterocycles. The molecule has 33 heavy (non-hydrogen) atoms. The van der Waals surface area contributed by atoms with E-state index in [1.165, 1.54) is 7.11 Å². The molecule has 0 spiro atoms. The van der Waals surface area contributed by atoms with Gasteiger partial charge in [-0.05, 0) is 67.6 Å². The van der Waals surface area contributed by atoms with Crippen LogP contribution in [0.15, 0.2) is 65.6 Å². The van der Waals surface area contributed by atoms with Gasteiger partial charge in [-0.25, -0.2) is 0 Å². The van der Waals surface area contributed by atoms with Crippen LogP contribution in [-0.4, -0.2) is 40.2 Å². The second-order valence-electron chi connectivity index (χ2n) is 7.51. The van der Waals surface area contributed by atoms with E-state index in [1.54, 1.807) is 30.3 Å². The van der Waals surface area contributed by atoms with Gasteiger partial charge in [-0.1, -0.05) is 30.3 Å². The molecule has 1 aliphatic rings. The highest BCUT2D eigenvalue weighted by atomic mass is 32.2. The van der Waals surface area contributed by atoms with Crippen molar-refractivity contribution in [3.05, 3.63) is 82.5 Å². The van der Waals surface area contributed by atoms with E-state index in [4.69, 9.17) is 4.74 Å². The smallest absolute Gasteiger partial charge is 0.294 e. The highest BCUT2D eigenvalue weighted by Gasteiger charge is 2.36. The first kappa shape index (κ1) is 22.4. The van der Waals surface area contributed by atoms with Gasteiger partial charge in [0.2, 0.25) is 5.91 Å². The lowest BCUT2D eigenvalue weighted by molar-refractivity contribution is -0.127. The Hall–Kier alpha value is -3.78. The molecule has 0 saturated carbocycles. The fourth-order valence-corrected chi connectivity index (χ4v) is 4.60. The molecule has 1 aromatic heterocycles. The molecule has 3 amide bonds. The number of amides is 3. The van der Waals surface area contributed by atoms with E-state index >= 15 is 0 Å². The van der Waals surface area contributed by atoms with Gasteiger partial charge in [0.1, 0.15) is 12.3 Å². The summed E-state index contributed by atoms with van der Waals surface area (Å²) in [4.78, 5) is 39.2. The summed E-state index contributed by atoms with van der Waals surface area (Å²) in [5.74, 6) is -0.469. The van der Waals surface area contributed by atoms with Crippen molar-refractivity contribution in [2.75, 3.05) is 19.0 Å². The molecule has 0 bridgehead atoms. The lowest BCUT2D eigenvalue weighted by Gasteiger charge is -2.14. The lowest BCUT2D eigenvalue weighted by atomic mass is 10.2. The largest absolute Gasteiger partial charge is 0.495 e. The monoisotopic (exact) mass is 461 g/mol.